The summed E-state index contributed by atoms with van der Waals surface area (Å²) in [7, 11) is 0. The van der Waals surface area contributed by atoms with Crippen molar-refractivity contribution < 1.29 is 13.9 Å². The van der Waals surface area contributed by atoms with E-state index in [-0.39, 0.29) is 5.91 Å². The summed E-state index contributed by atoms with van der Waals surface area (Å²) in [5, 5.41) is 0. The second-order valence-corrected chi connectivity index (χ2v) is 7.03. The van der Waals surface area contributed by atoms with Crippen LogP contribution in [-0.2, 0) is 0 Å². The minimum Gasteiger partial charge on any atom is -0.494 e. The van der Waals surface area contributed by atoms with Crippen LogP contribution < -0.4 is 4.74 Å². The average molecular weight is 377 g/mol. The van der Waals surface area contributed by atoms with Crippen molar-refractivity contribution in [2.24, 2.45) is 5.92 Å². The van der Waals surface area contributed by atoms with Gasteiger partial charge in [-0.3, -0.25) is 4.79 Å². The van der Waals surface area contributed by atoms with Crippen molar-refractivity contribution >= 4 is 17.5 Å². The number of rotatable bonds is 10. The van der Waals surface area contributed by atoms with Gasteiger partial charge in [0.05, 0.1) is 6.61 Å². The molecule has 0 N–H and O–H groups in total. The zero-order valence-corrected chi connectivity index (χ0v) is 15.9. The van der Waals surface area contributed by atoms with E-state index < -0.39 is 0 Å². The van der Waals surface area contributed by atoms with Crippen molar-refractivity contribution in [1.82, 2.24) is 9.88 Å². The largest absolute Gasteiger partial charge is 0.494 e. The van der Waals surface area contributed by atoms with Crippen LogP contribution in [0.25, 0.3) is 11.5 Å². The summed E-state index contributed by atoms with van der Waals surface area (Å²) in [5.41, 5.74) is 1.19. The number of ether oxygens (including phenoxy) is 1. The minimum atomic E-state index is -0.0465. The highest BCUT2D eigenvalue weighted by Gasteiger charge is 2.28. The van der Waals surface area contributed by atoms with Crippen LogP contribution in [0.3, 0.4) is 0 Å². The predicted octanol–water partition coefficient (Wildman–Crippen LogP) is 4.61. The molecule has 6 heteroatoms. The first kappa shape index (κ1) is 18.8. The Balaban J connectivity index is 1.65. The van der Waals surface area contributed by atoms with Gasteiger partial charge < -0.3 is 14.1 Å². The van der Waals surface area contributed by atoms with Crippen molar-refractivity contribution in [2.75, 3.05) is 25.6 Å². The summed E-state index contributed by atoms with van der Waals surface area (Å²) in [6.45, 7) is 4.25. The topological polar surface area (TPSA) is 55.6 Å². The van der Waals surface area contributed by atoms with E-state index in [2.05, 4.69) is 11.9 Å². The molecule has 5 nitrogen and oxygen atoms in total. The SMILES string of the molecule is CCCN(CC1CC1)C(=O)c1coc(-c2ccc(OCCCCl)cc2)n1. The summed E-state index contributed by atoms with van der Waals surface area (Å²) in [4.78, 5) is 19.0. The summed E-state index contributed by atoms with van der Waals surface area (Å²) in [6.07, 6.45) is 5.64. The van der Waals surface area contributed by atoms with Crippen LogP contribution in [0.2, 0.25) is 0 Å². The number of benzene rings is 1. The van der Waals surface area contributed by atoms with Gasteiger partial charge in [-0.25, -0.2) is 4.98 Å². The smallest absolute Gasteiger partial charge is 0.275 e. The standard InChI is InChI=1S/C20H25ClN2O3/c1-2-11-23(13-15-4-5-15)20(24)18-14-26-19(22-18)16-6-8-17(9-7-16)25-12-3-10-21/h6-9,14-15H,2-5,10-13H2,1H3. The molecule has 1 aliphatic rings. The molecule has 1 heterocycles. The van der Waals surface area contributed by atoms with E-state index in [1.54, 1.807) is 0 Å². The summed E-state index contributed by atoms with van der Waals surface area (Å²) < 4.78 is 11.1. The maximum absolute atomic E-state index is 12.7. The third-order valence-electron chi connectivity index (χ3n) is 4.33. The number of hydrogen-bond acceptors (Lipinski definition) is 4. The maximum atomic E-state index is 12.7. The Morgan fingerprint density at radius 1 is 1.35 bits per heavy atom. The van der Waals surface area contributed by atoms with Crippen LogP contribution in [-0.4, -0.2) is 41.4 Å². The molecule has 0 radical (unpaired) electrons. The normalized spacial score (nSPS) is 13.6. The molecule has 0 atom stereocenters. The van der Waals surface area contributed by atoms with Gasteiger partial charge in [0.2, 0.25) is 5.89 Å². The van der Waals surface area contributed by atoms with E-state index in [0.29, 0.717) is 30.0 Å². The minimum absolute atomic E-state index is 0.0465. The van der Waals surface area contributed by atoms with Crippen molar-refractivity contribution in [2.45, 2.75) is 32.6 Å². The molecule has 3 rings (SSSR count). The summed E-state index contributed by atoms with van der Waals surface area (Å²) in [6, 6.07) is 7.49. The van der Waals surface area contributed by atoms with Gasteiger partial charge >= 0.3 is 0 Å². The molecule has 1 aromatic heterocycles. The fourth-order valence-corrected chi connectivity index (χ4v) is 2.87. The molecular formula is C20H25ClN2O3. The van der Waals surface area contributed by atoms with Gasteiger partial charge in [-0.1, -0.05) is 6.92 Å². The number of carbonyl (C=O) groups excluding carboxylic acids is 1. The fraction of sp³-hybridized carbons (Fsp3) is 0.500. The highest BCUT2D eigenvalue weighted by atomic mass is 35.5. The second-order valence-electron chi connectivity index (χ2n) is 6.65. The van der Waals surface area contributed by atoms with E-state index in [1.165, 1.54) is 19.1 Å². The number of halogens is 1. The lowest BCUT2D eigenvalue weighted by molar-refractivity contribution is 0.0742. The molecule has 0 bridgehead atoms. The first-order valence-electron chi connectivity index (χ1n) is 9.25. The lowest BCUT2D eigenvalue weighted by atomic mass is 10.2. The average Bonchev–Trinajstić information content (AvgIpc) is 3.34. The number of carbonyl (C=O) groups is 1. The third-order valence-corrected chi connectivity index (χ3v) is 4.59. The number of nitrogens with zero attached hydrogens (tertiary/aromatic N) is 2. The number of amides is 1. The molecule has 0 unspecified atom stereocenters. The van der Waals surface area contributed by atoms with Crippen LogP contribution >= 0.6 is 11.6 Å². The van der Waals surface area contributed by atoms with Gasteiger partial charge in [0.1, 0.15) is 12.0 Å². The molecule has 0 saturated heterocycles. The number of aromatic nitrogens is 1. The van der Waals surface area contributed by atoms with Gasteiger partial charge in [-0.05, 0) is 55.9 Å². The molecule has 1 aliphatic carbocycles. The zero-order valence-electron chi connectivity index (χ0n) is 15.1. The maximum Gasteiger partial charge on any atom is 0.275 e. The second kappa shape index (κ2) is 9.08. The zero-order chi connectivity index (χ0) is 18.4. The first-order chi connectivity index (χ1) is 12.7. The fourth-order valence-electron chi connectivity index (χ4n) is 2.76. The highest BCUT2D eigenvalue weighted by molar-refractivity contribution is 6.17. The highest BCUT2D eigenvalue weighted by Crippen LogP contribution is 2.30. The number of hydrogen-bond donors (Lipinski definition) is 0. The lowest BCUT2D eigenvalue weighted by Gasteiger charge is -2.20. The van der Waals surface area contributed by atoms with Gasteiger partial charge in [0.15, 0.2) is 5.69 Å². The van der Waals surface area contributed by atoms with Crippen LogP contribution in [0.5, 0.6) is 5.75 Å². The lowest BCUT2D eigenvalue weighted by Crippen LogP contribution is -2.33. The molecule has 2 aromatic rings. The van der Waals surface area contributed by atoms with Crippen LogP contribution in [0.15, 0.2) is 34.9 Å². The Hall–Kier alpha value is -2.01. The van der Waals surface area contributed by atoms with E-state index in [1.807, 2.05) is 29.2 Å². The van der Waals surface area contributed by atoms with Crippen LogP contribution in [0, 0.1) is 5.92 Å². The quantitative estimate of drug-likeness (QED) is 0.448. The molecule has 0 aliphatic heterocycles. The Morgan fingerprint density at radius 2 is 2.12 bits per heavy atom. The van der Waals surface area contributed by atoms with Crippen LogP contribution in [0.4, 0.5) is 0 Å². The Kier molecular flexibility index (Phi) is 6.56. The van der Waals surface area contributed by atoms with Crippen molar-refractivity contribution in [1.29, 1.82) is 0 Å². The van der Waals surface area contributed by atoms with Crippen molar-refractivity contribution in [3.8, 4) is 17.2 Å². The van der Waals surface area contributed by atoms with E-state index in [0.717, 1.165) is 37.2 Å². The van der Waals surface area contributed by atoms with Gasteiger partial charge in [0, 0.05) is 24.5 Å². The molecule has 26 heavy (non-hydrogen) atoms. The van der Waals surface area contributed by atoms with Gasteiger partial charge in [-0.15, -0.1) is 11.6 Å². The van der Waals surface area contributed by atoms with Crippen molar-refractivity contribution in [3.63, 3.8) is 0 Å². The molecule has 140 valence electrons. The summed E-state index contributed by atoms with van der Waals surface area (Å²) in [5.74, 6) is 2.42. The van der Waals surface area contributed by atoms with E-state index in [9.17, 15) is 4.79 Å². The monoisotopic (exact) mass is 376 g/mol. The van der Waals surface area contributed by atoms with Gasteiger partial charge in [0.25, 0.3) is 5.91 Å². The van der Waals surface area contributed by atoms with Crippen LogP contribution in [0.1, 0.15) is 43.1 Å². The van der Waals surface area contributed by atoms with E-state index in [4.69, 9.17) is 20.8 Å². The Bertz CT molecular complexity index is 710. The predicted molar refractivity (Wildman–Crippen MR) is 102 cm³/mol. The molecule has 0 spiro atoms. The molecule has 1 fully saturated rings. The third kappa shape index (κ3) is 5.01. The molecule has 1 amide bonds. The van der Waals surface area contributed by atoms with E-state index >= 15 is 0 Å². The molecule has 1 saturated carbocycles. The molecule has 1 aromatic carbocycles. The molecular weight excluding hydrogens is 352 g/mol. The first-order valence-corrected chi connectivity index (χ1v) is 9.78. The number of oxazole rings is 1. The number of alkyl halides is 1. The Morgan fingerprint density at radius 3 is 2.77 bits per heavy atom. The Labute approximate surface area is 159 Å². The summed E-state index contributed by atoms with van der Waals surface area (Å²) >= 11 is 5.64. The van der Waals surface area contributed by atoms with Gasteiger partial charge in [-0.2, -0.15) is 0 Å². The van der Waals surface area contributed by atoms with Crippen molar-refractivity contribution in [3.05, 3.63) is 36.2 Å².